The van der Waals surface area contributed by atoms with Gasteiger partial charge in [-0.15, -0.1) is 0 Å². The van der Waals surface area contributed by atoms with Gasteiger partial charge in [0.1, 0.15) is 11.7 Å². The molecule has 1 aliphatic heterocycles. The first-order valence-electron chi connectivity index (χ1n) is 12.3. The lowest BCUT2D eigenvalue weighted by atomic mass is 9.76. The minimum absolute atomic E-state index is 0.180. The minimum Gasteiger partial charge on any atom is -0.446 e. The molecule has 0 saturated carbocycles. The van der Waals surface area contributed by atoms with Crippen molar-refractivity contribution in [2.75, 3.05) is 0 Å². The number of aryl methyl sites for hydroxylation is 1. The van der Waals surface area contributed by atoms with Crippen LogP contribution in [0.25, 0.3) is 10.9 Å². The van der Waals surface area contributed by atoms with Crippen LogP contribution in [0, 0.1) is 11.7 Å². The average Bonchev–Trinajstić information content (AvgIpc) is 3.35. The van der Waals surface area contributed by atoms with Crippen molar-refractivity contribution in [1.29, 1.82) is 0 Å². The summed E-state index contributed by atoms with van der Waals surface area (Å²) in [6, 6.07) is 22.7. The van der Waals surface area contributed by atoms with Crippen LogP contribution in [0.3, 0.4) is 0 Å². The number of nitrogens with two attached hydrogens (primary N) is 1. The van der Waals surface area contributed by atoms with E-state index in [2.05, 4.69) is 4.98 Å². The molecular weight excluding hydrogens is 471 g/mol. The number of halogens is 1. The highest BCUT2D eigenvalue weighted by atomic mass is 19.1. The van der Waals surface area contributed by atoms with Crippen molar-refractivity contribution >= 4 is 28.6 Å². The molecule has 3 unspecified atom stereocenters. The van der Waals surface area contributed by atoms with E-state index in [0.717, 1.165) is 16.5 Å². The Balaban J connectivity index is 1.68. The normalized spacial score (nSPS) is 20.2. The van der Waals surface area contributed by atoms with E-state index in [1.54, 1.807) is 37.3 Å². The molecule has 6 nitrogen and oxygen atoms in total. The summed E-state index contributed by atoms with van der Waals surface area (Å²) < 4.78 is 20.0. The number of amides is 1. The summed E-state index contributed by atoms with van der Waals surface area (Å²) in [4.78, 5) is 42.2. The van der Waals surface area contributed by atoms with Crippen LogP contribution >= 0.6 is 0 Å². The van der Waals surface area contributed by atoms with Gasteiger partial charge in [0.15, 0.2) is 11.4 Å². The van der Waals surface area contributed by atoms with Gasteiger partial charge in [0.05, 0.1) is 0 Å². The number of esters is 1. The number of fused-ring (bicyclic) bond motifs is 1. The number of benzene rings is 3. The lowest BCUT2D eigenvalue weighted by Gasteiger charge is -2.24. The standard InChI is InChI=1S/C30H27FN2O4/c1-30(19-11-6-3-7-12-19)28(35)26(29(36)37-30)25(18-9-4-2-5-10-18)27-22(13-8-14-24(32)34)21-16-15-20(31)17-23(21)33-27/h2-7,9-12,15-17,25-26,33H,8,13-14H2,1H3,(H2,32,34). The summed E-state index contributed by atoms with van der Waals surface area (Å²) in [7, 11) is 0. The highest BCUT2D eigenvalue weighted by molar-refractivity contribution is 6.10. The van der Waals surface area contributed by atoms with Gasteiger partial charge in [0.2, 0.25) is 5.91 Å². The Hall–Kier alpha value is -4.26. The van der Waals surface area contributed by atoms with E-state index < -0.39 is 35.1 Å². The summed E-state index contributed by atoms with van der Waals surface area (Å²) in [6.07, 6.45) is 1.11. The predicted molar refractivity (Wildman–Crippen MR) is 137 cm³/mol. The van der Waals surface area contributed by atoms with Gasteiger partial charge in [-0.05, 0) is 49.1 Å². The highest BCUT2D eigenvalue weighted by Crippen LogP contribution is 2.46. The van der Waals surface area contributed by atoms with Crippen molar-refractivity contribution in [3.8, 4) is 0 Å². The number of carbonyl (C=O) groups is 3. The SMILES string of the molecule is CC1(c2ccccc2)OC(=O)C(C(c2ccccc2)c2[nH]c3cc(F)ccc3c2CCCC(N)=O)C1=O. The first-order valence-corrected chi connectivity index (χ1v) is 12.3. The third kappa shape index (κ3) is 4.42. The molecular formula is C30H27FN2O4. The molecule has 1 saturated heterocycles. The molecule has 5 rings (SSSR count). The number of Topliss-reactive ketones (excluding diaryl/α,β-unsaturated/α-hetero) is 1. The molecule has 7 heteroatoms. The van der Waals surface area contributed by atoms with Gasteiger partial charge < -0.3 is 15.5 Å². The number of cyclic esters (lactones) is 1. The molecule has 3 atom stereocenters. The molecule has 0 bridgehead atoms. The number of aromatic nitrogens is 1. The smallest absolute Gasteiger partial charge is 0.319 e. The highest BCUT2D eigenvalue weighted by Gasteiger charge is 2.56. The number of hydrogen-bond acceptors (Lipinski definition) is 4. The Labute approximate surface area is 213 Å². The summed E-state index contributed by atoms with van der Waals surface area (Å²) in [5.41, 5.74) is 7.29. The number of rotatable bonds is 8. The molecule has 1 amide bonds. The fourth-order valence-electron chi connectivity index (χ4n) is 5.37. The Bertz CT molecular complexity index is 1480. The molecule has 188 valence electrons. The van der Waals surface area contributed by atoms with E-state index in [4.69, 9.17) is 10.5 Å². The van der Waals surface area contributed by atoms with Gasteiger partial charge >= 0.3 is 5.97 Å². The van der Waals surface area contributed by atoms with Crippen LogP contribution in [-0.4, -0.2) is 22.6 Å². The molecule has 0 spiro atoms. The summed E-state index contributed by atoms with van der Waals surface area (Å²) in [5.74, 6) is -3.61. The fourth-order valence-corrected chi connectivity index (χ4v) is 5.37. The number of hydrogen-bond donors (Lipinski definition) is 2. The number of aromatic amines is 1. The molecule has 37 heavy (non-hydrogen) atoms. The molecule has 1 fully saturated rings. The van der Waals surface area contributed by atoms with Crippen LogP contribution in [0.4, 0.5) is 4.39 Å². The van der Waals surface area contributed by atoms with Crippen molar-refractivity contribution in [2.45, 2.75) is 37.7 Å². The lowest BCUT2D eigenvalue weighted by molar-refractivity contribution is -0.152. The van der Waals surface area contributed by atoms with E-state index in [1.165, 1.54) is 12.1 Å². The van der Waals surface area contributed by atoms with Crippen LogP contribution in [0.2, 0.25) is 0 Å². The lowest BCUT2D eigenvalue weighted by Crippen LogP contribution is -2.33. The predicted octanol–water partition coefficient (Wildman–Crippen LogP) is 4.90. The minimum atomic E-state index is -1.43. The summed E-state index contributed by atoms with van der Waals surface area (Å²) in [5, 5.41) is 0.770. The number of ether oxygens (including phenoxy) is 1. The van der Waals surface area contributed by atoms with E-state index in [-0.39, 0.29) is 12.2 Å². The Morgan fingerprint density at radius 3 is 2.41 bits per heavy atom. The first kappa shape index (κ1) is 24.4. The second-order valence-electron chi connectivity index (χ2n) is 9.58. The van der Waals surface area contributed by atoms with Gasteiger partial charge in [-0.3, -0.25) is 14.4 Å². The van der Waals surface area contributed by atoms with Crippen molar-refractivity contribution in [3.63, 3.8) is 0 Å². The van der Waals surface area contributed by atoms with Crippen LogP contribution in [0.5, 0.6) is 0 Å². The zero-order valence-electron chi connectivity index (χ0n) is 20.4. The van der Waals surface area contributed by atoms with Gasteiger partial charge in [0, 0.05) is 34.5 Å². The van der Waals surface area contributed by atoms with Crippen LogP contribution in [-0.2, 0) is 31.1 Å². The van der Waals surface area contributed by atoms with Gasteiger partial charge in [-0.2, -0.15) is 0 Å². The van der Waals surface area contributed by atoms with Gasteiger partial charge in [-0.25, -0.2) is 4.39 Å². The topological polar surface area (TPSA) is 102 Å². The average molecular weight is 499 g/mol. The zero-order chi connectivity index (χ0) is 26.2. The first-order chi connectivity index (χ1) is 17.8. The largest absolute Gasteiger partial charge is 0.446 e. The molecule has 0 radical (unpaired) electrons. The van der Waals surface area contributed by atoms with Crippen LogP contribution < -0.4 is 5.73 Å². The second-order valence-corrected chi connectivity index (χ2v) is 9.58. The number of carbonyl (C=O) groups excluding carboxylic acids is 3. The zero-order valence-corrected chi connectivity index (χ0v) is 20.4. The molecule has 1 aliphatic rings. The Kier molecular flexibility index (Phi) is 6.38. The molecule has 3 aromatic carbocycles. The second kappa shape index (κ2) is 9.65. The number of ketones is 1. The molecule has 0 aliphatic carbocycles. The number of primary amides is 1. The van der Waals surface area contributed by atoms with Gasteiger partial charge in [0.25, 0.3) is 0 Å². The van der Waals surface area contributed by atoms with Crippen LogP contribution in [0.15, 0.2) is 78.9 Å². The van der Waals surface area contributed by atoms with Crippen molar-refractivity contribution in [1.82, 2.24) is 4.98 Å². The van der Waals surface area contributed by atoms with E-state index in [0.29, 0.717) is 29.6 Å². The maximum Gasteiger partial charge on any atom is 0.319 e. The maximum absolute atomic E-state index is 14.2. The molecule has 2 heterocycles. The fraction of sp³-hybridized carbons (Fsp3) is 0.233. The number of nitrogens with one attached hydrogen (secondary N) is 1. The van der Waals surface area contributed by atoms with E-state index in [9.17, 15) is 18.8 Å². The molecule has 4 aromatic rings. The van der Waals surface area contributed by atoms with Crippen molar-refractivity contribution in [2.24, 2.45) is 11.7 Å². The quantitative estimate of drug-likeness (QED) is 0.266. The van der Waals surface area contributed by atoms with E-state index in [1.807, 2.05) is 36.4 Å². The number of H-pyrrole nitrogens is 1. The molecule has 1 aromatic heterocycles. The summed E-state index contributed by atoms with van der Waals surface area (Å²) in [6.45, 7) is 1.62. The Morgan fingerprint density at radius 2 is 1.73 bits per heavy atom. The van der Waals surface area contributed by atoms with Crippen molar-refractivity contribution < 1.29 is 23.5 Å². The van der Waals surface area contributed by atoms with Crippen LogP contribution in [0.1, 0.15) is 48.1 Å². The Morgan fingerprint density at radius 1 is 1.05 bits per heavy atom. The third-order valence-electron chi connectivity index (χ3n) is 7.19. The summed E-state index contributed by atoms with van der Waals surface area (Å²) >= 11 is 0. The third-order valence-corrected chi connectivity index (χ3v) is 7.19. The molecule has 3 N–H and O–H groups in total. The van der Waals surface area contributed by atoms with E-state index >= 15 is 0 Å². The van der Waals surface area contributed by atoms with Crippen molar-refractivity contribution in [3.05, 3.63) is 107 Å². The van der Waals surface area contributed by atoms with Gasteiger partial charge in [-0.1, -0.05) is 60.7 Å². The monoisotopic (exact) mass is 498 g/mol. The maximum atomic E-state index is 14.2.